The Bertz CT molecular complexity index is 181. The minimum absolute atomic E-state index is 0. The molecule has 98 valence electrons. The van der Waals surface area contributed by atoms with Crippen LogP contribution in [-0.2, 0) is 9.59 Å². The Balaban J connectivity index is -0.000000355. The van der Waals surface area contributed by atoms with E-state index in [0.717, 1.165) is 19.1 Å². The van der Waals surface area contributed by atoms with Crippen molar-refractivity contribution in [1.29, 1.82) is 0 Å². The van der Waals surface area contributed by atoms with E-state index >= 15 is 0 Å². The Morgan fingerprint density at radius 2 is 1.75 bits per heavy atom. The fourth-order valence-corrected chi connectivity index (χ4v) is 1.41. The number of likely N-dealkylation sites (tertiary alicyclic amines) is 1. The van der Waals surface area contributed by atoms with Crippen molar-refractivity contribution in [3.8, 4) is 0 Å². The van der Waals surface area contributed by atoms with Gasteiger partial charge in [0.15, 0.2) is 0 Å². The van der Waals surface area contributed by atoms with Gasteiger partial charge in [0.25, 0.3) is 0 Å². The van der Waals surface area contributed by atoms with E-state index in [9.17, 15) is 9.59 Å². The van der Waals surface area contributed by atoms with Crippen molar-refractivity contribution in [1.82, 2.24) is 4.90 Å². The van der Waals surface area contributed by atoms with Crippen LogP contribution in [-0.4, -0.2) is 36.7 Å². The molecule has 0 bridgehead atoms. The van der Waals surface area contributed by atoms with Crippen molar-refractivity contribution in [2.75, 3.05) is 19.6 Å². The molecule has 1 heterocycles. The average molecular weight is 232 g/mol. The normalized spacial score (nSPS) is 15.2. The number of aldehydes is 1. The fraction of sp³-hybridized carbons (Fsp3) is 0.833. The van der Waals surface area contributed by atoms with Gasteiger partial charge in [0.1, 0.15) is 6.29 Å². The summed E-state index contributed by atoms with van der Waals surface area (Å²) in [5, 5.41) is 0. The summed E-state index contributed by atoms with van der Waals surface area (Å²) in [7, 11) is 0. The number of carbonyl (C=O) groups is 2. The average Bonchev–Trinajstić information content (AvgIpc) is 2.42. The van der Waals surface area contributed by atoms with Crippen molar-refractivity contribution < 1.29 is 11.0 Å². The summed E-state index contributed by atoms with van der Waals surface area (Å²) in [5.41, 5.74) is 5.21. The molecule has 1 saturated heterocycles. The van der Waals surface area contributed by atoms with Gasteiger partial charge in [-0.3, -0.25) is 4.79 Å². The van der Waals surface area contributed by atoms with E-state index in [4.69, 9.17) is 5.73 Å². The zero-order valence-corrected chi connectivity index (χ0v) is 11.0. The topological polar surface area (TPSA) is 63.4 Å². The van der Waals surface area contributed by atoms with Crippen LogP contribution in [0.5, 0.6) is 0 Å². The molecule has 0 aliphatic carbocycles. The fourth-order valence-electron chi connectivity index (χ4n) is 1.41. The number of hydrogen-bond donors (Lipinski definition) is 1. The zero-order valence-electron chi connectivity index (χ0n) is 11.0. The van der Waals surface area contributed by atoms with Crippen LogP contribution in [0.25, 0.3) is 0 Å². The van der Waals surface area contributed by atoms with Gasteiger partial charge in [0.2, 0.25) is 5.91 Å². The molecule has 1 fully saturated rings. The third kappa shape index (κ3) is 6.56. The standard InChI is InChI=1S/C8H14N2O2.2C2H6.H2/c9-5-8(12)10-3-1-7(6-11)2-4-10;2*1-2;/h6-7H,1-5,9H2;2*1-2H3;1H. The van der Waals surface area contributed by atoms with Crippen molar-refractivity contribution in [3.05, 3.63) is 0 Å². The quantitative estimate of drug-likeness (QED) is 0.737. The van der Waals surface area contributed by atoms with Crippen molar-refractivity contribution in [3.63, 3.8) is 0 Å². The Labute approximate surface area is 101 Å². The molecule has 1 aliphatic rings. The number of carbonyl (C=O) groups excluding carboxylic acids is 2. The van der Waals surface area contributed by atoms with Crippen LogP contribution in [0.1, 0.15) is 42.0 Å². The second-order valence-electron chi connectivity index (χ2n) is 3.06. The third-order valence-electron chi connectivity index (χ3n) is 2.26. The summed E-state index contributed by atoms with van der Waals surface area (Å²) < 4.78 is 0. The zero-order chi connectivity index (χ0) is 13.0. The van der Waals surface area contributed by atoms with Crippen LogP contribution >= 0.6 is 0 Å². The van der Waals surface area contributed by atoms with Gasteiger partial charge in [-0.25, -0.2) is 0 Å². The number of amides is 1. The second kappa shape index (κ2) is 12.2. The molecule has 0 saturated carbocycles. The predicted octanol–water partition coefficient (Wildman–Crippen LogP) is 1.68. The van der Waals surface area contributed by atoms with Crippen molar-refractivity contribution in [2.24, 2.45) is 11.7 Å². The highest BCUT2D eigenvalue weighted by molar-refractivity contribution is 5.78. The molecular formula is C12H28N2O2. The molecular weight excluding hydrogens is 204 g/mol. The maximum Gasteiger partial charge on any atom is 0.236 e. The Kier molecular flexibility index (Phi) is 13.3. The maximum atomic E-state index is 11.1. The largest absolute Gasteiger partial charge is 0.342 e. The van der Waals surface area contributed by atoms with E-state index in [0.29, 0.717) is 13.1 Å². The van der Waals surface area contributed by atoms with Gasteiger partial charge >= 0.3 is 0 Å². The van der Waals surface area contributed by atoms with E-state index in [2.05, 4.69) is 0 Å². The molecule has 1 amide bonds. The first-order valence-electron chi connectivity index (χ1n) is 6.21. The molecule has 1 rings (SSSR count). The van der Waals surface area contributed by atoms with E-state index in [1.165, 1.54) is 0 Å². The van der Waals surface area contributed by atoms with Gasteiger partial charge in [-0.1, -0.05) is 27.7 Å². The Morgan fingerprint density at radius 3 is 2.06 bits per heavy atom. The molecule has 4 nitrogen and oxygen atoms in total. The summed E-state index contributed by atoms with van der Waals surface area (Å²) >= 11 is 0. The highest BCUT2D eigenvalue weighted by Crippen LogP contribution is 2.14. The summed E-state index contributed by atoms with van der Waals surface area (Å²) in [4.78, 5) is 23.2. The molecule has 0 spiro atoms. The first-order chi connectivity index (χ1) is 7.77. The number of piperidine rings is 1. The predicted molar refractivity (Wildman–Crippen MR) is 69.2 cm³/mol. The molecule has 0 radical (unpaired) electrons. The van der Waals surface area contributed by atoms with Gasteiger partial charge < -0.3 is 15.4 Å². The maximum absolute atomic E-state index is 11.1. The number of nitrogens with two attached hydrogens (primary N) is 1. The van der Waals surface area contributed by atoms with Gasteiger partial charge in [-0.15, -0.1) is 0 Å². The SMILES string of the molecule is CC.CC.NCC(=O)N1CCC(C=O)CC1.[HH]. The molecule has 0 aromatic heterocycles. The van der Waals surface area contributed by atoms with Gasteiger partial charge in [0.05, 0.1) is 6.54 Å². The van der Waals surface area contributed by atoms with E-state index in [1.807, 2.05) is 27.7 Å². The number of nitrogens with zero attached hydrogens (tertiary/aromatic N) is 1. The van der Waals surface area contributed by atoms with E-state index < -0.39 is 0 Å². The Morgan fingerprint density at radius 1 is 1.31 bits per heavy atom. The monoisotopic (exact) mass is 232 g/mol. The molecule has 0 aromatic carbocycles. The van der Waals surface area contributed by atoms with Crippen LogP contribution in [0.3, 0.4) is 0 Å². The summed E-state index contributed by atoms with van der Waals surface area (Å²) in [6.45, 7) is 9.44. The summed E-state index contributed by atoms with van der Waals surface area (Å²) in [5.74, 6) is 0.131. The van der Waals surface area contributed by atoms with Crippen molar-refractivity contribution >= 4 is 12.2 Å². The van der Waals surface area contributed by atoms with E-state index in [1.54, 1.807) is 4.90 Å². The molecule has 4 heteroatoms. The second-order valence-corrected chi connectivity index (χ2v) is 3.06. The lowest BCUT2D eigenvalue weighted by Gasteiger charge is -2.29. The Hall–Kier alpha value is -0.900. The molecule has 1 aliphatic heterocycles. The smallest absolute Gasteiger partial charge is 0.236 e. The molecule has 0 unspecified atom stereocenters. The summed E-state index contributed by atoms with van der Waals surface area (Å²) in [6.07, 6.45) is 2.55. The van der Waals surface area contributed by atoms with Gasteiger partial charge in [-0.05, 0) is 12.8 Å². The highest BCUT2D eigenvalue weighted by Gasteiger charge is 2.20. The molecule has 0 atom stereocenters. The van der Waals surface area contributed by atoms with E-state index in [-0.39, 0.29) is 19.8 Å². The minimum atomic E-state index is -0.0145. The van der Waals surface area contributed by atoms with Crippen LogP contribution in [0, 0.1) is 5.92 Å². The van der Waals surface area contributed by atoms with Crippen LogP contribution < -0.4 is 5.73 Å². The molecule has 2 N–H and O–H groups in total. The number of rotatable bonds is 2. The van der Waals surface area contributed by atoms with Gasteiger partial charge in [-0.2, -0.15) is 0 Å². The molecule has 0 aromatic rings. The molecule has 16 heavy (non-hydrogen) atoms. The lowest BCUT2D eigenvalue weighted by molar-refractivity contribution is -0.132. The first kappa shape index (κ1) is 17.5. The highest BCUT2D eigenvalue weighted by atomic mass is 16.2. The number of hydrogen-bond acceptors (Lipinski definition) is 3. The van der Waals surface area contributed by atoms with Crippen LogP contribution in [0.15, 0.2) is 0 Å². The van der Waals surface area contributed by atoms with Crippen LogP contribution in [0.2, 0.25) is 0 Å². The van der Waals surface area contributed by atoms with Crippen molar-refractivity contribution in [2.45, 2.75) is 40.5 Å². The van der Waals surface area contributed by atoms with Crippen LogP contribution in [0.4, 0.5) is 0 Å². The lowest BCUT2D eigenvalue weighted by Crippen LogP contribution is -2.41. The summed E-state index contributed by atoms with van der Waals surface area (Å²) in [6, 6.07) is 0. The van der Waals surface area contributed by atoms with Gasteiger partial charge in [0, 0.05) is 20.4 Å². The first-order valence-corrected chi connectivity index (χ1v) is 6.21. The lowest BCUT2D eigenvalue weighted by atomic mass is 9.99. The third-order valence-corrected chi connectivity index (χ3v) is 2.26. The minimum Gasteiger partial charge on any atom is -0.342 e.